The Kier molecular flexibility index (Phi) is 4.65. The summed E-state index contributed by atoms with van der Waals surface area (Å²) < 4.78 is 5.56. The van der Waals surface area contributed by atoms with Gasteiger partial charge in [-0.3, -0.25) is 9.78 Å². The molecule has 2 aliphatic heterocycles. The molecule has 3 heterocycles. The maximum Gasteiger partial charge on any atom is 0.253 e. The van der Waals surface area contributed by atoms with E-state index in [-0.39, 0.29) is 12.0 Å². The van der Waals surface area contributed by atoms with E-state index in [0.29, 0.717) is 12.1 Å². The fraction of sp³-hybridized carbons (Fsp3) is 0.400. The average Bonchev–Trinajstić information content (AvgIpc) is 3.19. The topological polar surface area (TPSA) is 54.5 Å². The van der Waals surface area contributed by atoms with Crippen molar-refractivity contribution in [1.82, 2.24) is 10.3 Å². The standard InChI is InChI=1S/C20H23N3O2/c24-20(22-14-18-7-4-10-25-18)16-11-17(13-21-12-16)23-9-3-6-15-5-1-2-8-19(15)23/h1-2,5,8,11-13,18H,3-4,6-7,9-10,14H2,(H,22,24). The minimum Gasteiger partial charge on any atom is -0.376 e. The van der Waals surface area contributed by atoms with Gasteiger partial charge in [-0.2, -0.15) is 0 Å². The van der Waals surface area contributed by atoms with E-state index in [1.165, 1.54) is 11.3 Å². The number of hydrogen-bond acceptors (Lipinski definition) is 4. The molecule has 130 valence electrons. The summed E-state index contributed by atoms with van der Waals surface area (Å²) in [5, 5.41) is 2.97. The first-order valence-corrected chi connectivity index (χ1v) is 9.01. The van der Waals surface area contributed by atoms with Crippen LogP contribution in [0.2, 0.25) is 0 Å². The van der Waals surface area contributed by atoms with Crippen LogP contribution in [0, 0.1) is 0 Å². The predicted molar refractivity (Wildman–Crippen MR) is 97.3 cm³/mol. The third-order valence-electron chi connectivity index (χ3n) is 4.92. The fourth-order valence-corrected chi connectivity index (χ4v) is 3.62. The number of nitrogens with zero attached hydrogens (tertiary/aromatic N) is 2. The number of carbonyl (C=O) groups excluding carboxylic acids is 1. The van der Waals surface area contributed by atoms with Crippen molar-refractivity contribution in [2.24, 2.45) is 0 Å². The van der Waals surface area contributed by atoms with Crippen molar-refractivity contribution in [3.05, 3.63) is 53.9 Å². The van der Waals surface area contributed by atoms with E-state index in [4.69, 9.17) is 4.74 Å². The highest BCUT2D eigenvalue weighted by atomic mass is 16.5. The van der Waals surface area contributed by atoms with Crippen molar-refractivity contribution in [3.8, 4) is 0 Å². The van der Waals surface area contributed by atoms with E-state index >= 15 is 0 Å². The Morgan fingerprint density at radius 2 is 2.20 bits per heavy atom. The maximum absolute atomic E-state index is 12.5. The van der Waals surface area contributed by atoms with Gasteiger partial charge in [0.15, 0.2) is 0 Å². The summed E-state index contributed by atoms with van der Waals surface area (Å²) in [5.41, 5.74) is 4.13. The van der Waals surface area contributed by atoms with Crippen LogP contribution in [0.25, 0.3) is 0 Å². The van der Waals surface area contributed by atoms with Gasteiger partial charge in [-0.25, -0.2) is 0 Å². The minimum absolute atomic E-state index is 0.0878. The Morgan fingerprint density at radius 3 is 3.08 bits per heavy atom. The number of ether oxygens (including phenoxy) is 1. The van der Waals surface area contributed by atoms with Crippen molar-refractivity contribution < 1.29 is 9.53 Å². The third-order valence-corrected chi connectivity index (χ3v) is 4.92. The highest BCUT2D eigenvalue weighted by molar-refractivity contribution is 5.95. The van der Waals surface area contributed by atoms with Gasteiger partial charge in [-0.1, -0.05) is 18.2 Å². The van der Waals surface area contributed by atoms with Crippen LogP contribution in [-0.4, -0.2) is 36.7 Å². The maximum atomic E-state index is 12.5. The van der Waals surface area contributed by atoms with Crippen LogP contribution >= 0.6 is 0 Å². The summed E-state index contributed by atoms with van der Waals surface area (Å²) in [4.78, 5) is 19.0. The number of carbonyl (C=O) groups is 1. The lowest BCUT2D eigenvalue weighted by Gasteiger charge is -2.31. The van der Waals surface area contributed by atoms with E-state index in [2.05, 4.69) is 39.5 Å². The van der Waals surface area contributed by atoms with Crippen molar-refractivity contribution in [1.29, 1.82) is 0 Å². The third kappa shape index (κ3) is 3.51. The van der Waals surface area contributed by atoms with Gasteiger partial charge in [0, 0.05) is 31.6 Å². The highest BCUT2D eigenvalue weighted by Crippen LogP contribution is 2.33. The summed E-state index contributed by atoms with van der Waals surface area (Å²) in [5.74, 6) is -0.0878. The molecule has 4 rings (SSSR count). The second kappa shape index (κ2) is 7.23. The zero-order valence-electron chi connectivity index (χ0n) is 14.3. The lowest BCUT2D eigenvalue weighted by atomic mass is 10.0. The Balaban J connectivity index is 1.51. The molecule has 1 fully saturated rings. The van der Waals surface area contributed by atoms with E-state index in [1.54, 1.807) is 6.20 Å². The molecule has 2 aliphatic rings. The smallest absolute Gasteiger partial charge is 0.253 e. The number of rotatable bonds is 4. The zero-order valence-corrected chi connectivity index (χ0v) is 14.3. The Bertz CT molecular complexity index is 756. The minimum atomic E-state index is -0.0878. The van der Waals surface area contributed by atoms with Crippen molar-refractivity contribution >= 4 is 17.3 Å². The number of hydrogen-bond donors (Lipinski definition) is 1. The first-order chi connectivity index (χ1) is 12.3. The summed E-state index contributed by atoms with van der Waals surface area (Å²) in [6.07, 6.45) is 7.90. The summed E-state index contributed by atoms with van der Waals surface area (Å²) in [6.45, 7) is 2.31. The van der Waals surface area contributed by atoms with E-state index in [1.807, 2.05) is 12.3 Å². The highest BCUT2D eigenvalue weighted by Gasteiger charge is 2.20. The molecule has 1 unspecified atom stereocenters. The van der Waals surface area contributed by atoms with Gasteiger partial charge >= 0.3 is 0 Å². The second-order valence-corrected chi connectivity index (χ2v) is 6.66. The lowest BCUT2D eigenvalue weighted by Crippen LogP contribution is -2.32. The van der Waals surface area contributed by atoms with Crippen LogP contribution in [0.1, 0.15) is 35.2 Å². The van der Waals surface area contributed by atoms with Gasteiger partial charge < -0.3 is 15.0 Å². The Morgan fingerprint density at radius 1 is 1.28 bits per heavy atom. The molecule has 0 bridgehead atoms. The largest absolute Gasteiger partial charge is 0.376 e. The zero-order chi connectivity index (χ0) is 17.1. The quantitative estimate of drug-likeness (QED) is 0.931. The van der Waals surface area contributed by atoms with Crippen LogP contribution in [0.15, 0.2) is 42.7 Å². The molecule has 1 saturated heterocycles. The van der Waals surface area contributed by atoms with E-state index in [0.717, 1.165) is 44.5 Å². The van der Waals surface area contributed by atoms with Crippen LogP contribution in [0.5, 0.6) is 0 Å². The molecule has 25 heavy (non-hydrogen) atoms. The first kappa shape index (κ1) is 16.1. The number of pyridine rings is 1. The molecular formula is C20H23N3O2. The predicted octanol–water partition coefficient (Wildman–Crippen LogP) is 3.07. The van der Waals surface area contributed by atoms with Gasteiger partial charge in [0.1, 0.15) is 0 Å². The number of nitrogens with one attached hydrogen (secondary N) is 1. The number of fused-ring (bicyclic) bond motifs is 1. The van der Waals surface area contributed by atoms with Crippen LogP contribution in [0.4, 0.5) is 11.4 Å². The normalized spacial score (nSPS) is 19.5. The summed E-state index contributed by atoms with van der Waals surface area (Å²) in [7, 11) is 0. The number of amides is 1. The lowest BCUT2D eigenvalue weighted by molar-refractivity contribution is 0.0857. The van der Waals surface area contributed by atoms with E-state index in [9.17, 15) is 4.79 Å². The van der Waals surface area contributed by atoms with Crippen LogP contribution < -0.4 is 10.2 Å². The molecular weight excluding hydrogens is 314 g/mol. The number of aromatic nitrogens is 1. The molecule has 5 heteroatoms. The molecule has 1 aromatic carbocycles. The van der Waals surface area contributed by atoms with Gasteiger partial charge in [0.2, 0.25) is 0 Å². The fourth-order valence-electron chi connectivity index (χ4n) is 3.62. The SMILES string of the molecule is O=C(NCC1CCCO1)c1cncc(N2CCCc3ccccc32)c1. The van der Waals surface area contributed by atoms with Gasteiger partial charge in [0.25, 0.3) is 5.91 Å². The summed E-state index contributed by atoms with van der Waals surface area (Å²) >= 11 is 0. The molecule has 1 amide bonds. The molecule has 5 nitrogen and oxygen atoms in total. The average molecular weight is 337 g/mol. The van der Waals surface area contributed by atoms with Crippen molar-refractivity contribution in [2.45, 2.75) is 31.8 Å². The molecule has 1 N–H and O–H groups in total. The molecule has 0 saturated carbocycles. The number of benzene rings is 1. The molecule has 0 aliphatic carbocycles. The molecule has 0 radical (unpaired) electrons. The molecule has 0 spiro atoms. The number of anilines is 2. The Labute approximate surface area is 148 Å². The Hall–Kier alpha value is -2.40. The number of para-hydroxylation sites is 1. The van der Waals surface area contributed by atoms with E-state index < -0.39 is 0 Å². The second-order valence-electron chi connectivity index (χ2n) is 6.66. The first-order valence-electron chi connectivity index (χ1n) is 9.01. The molecule has 1 atom stereocenters. The number of aryl methyl sites for hydroxylation is 1. The summed E-state index contributed by atoms with van der Waals surface area (Å²) in [6, 6.07) is 10.4. The van der Waals surface area contributed by atoms with Gasteiger partial charge in [-0.05, 0) is 43.4 Å². The van der Waals surface area contributed by atoms with Crippen LogP contribution in [0.3, 0.4) is 0 Å². The molecule has 1 aromatic heterocycles. The van der Waals surface area contributed by atoms with Crippen molar-refractivity contribution in [3.63, 3.8) is 0 Å². The van der Waals surface area contributed by atoms with Gasteiger partial charge in [-0.15, -0.1) is 0 Å². The van der Waals surface area contributed by atoms with Crippen LogP contribution in [-0.2, 0) is 11.2 Å². The van der Waals surface area contributed by atoms with Crippen molar-refractivity contribution in [2.75, 3.05) is 24.6 Å². The molecule has 2 aromatic rings. The monoisotopic (exact) mass is 337 g/mol. The van der Waals surface area contributed by atoms with Gasteiger partial charge in [0.05, 0.1) is 23.6 Å².